The van der Waals surface area contributed by atoms with E-state index in [4.69, 9.17) is 4.74 Å². The molecule has 1 aromatic carbocycles. The Labute approximate surface area is 89.8 Å². The molecular weight excluding hydrogens is 193 g/mol. The smallest absolute Gasteiger partial charge is 0.123 e. The topological polar surface area (TPSA) is 21.3 Å². The molecule has 0 amide bonds. The van der Waals surface area contributed by atoms with Gasteiger partial charge < -0.3 is 10.1 Å². The SMILES string of the molecule is C=CCCOc1ccc(F)cc1CNC. The third kappa shape index (κ3) is 3.72. The molecule has 82 valence electrons. The van der Waals surface area contributed by atoms with Crippen molar-refractivity contribution in [2.45, 2.75) is 13.0 Å². The summed E-state index contributed by atoms with van der Waals surface area (Å²) in [6.45, 7) is 4.79. The van der Waals surface area contributed by atoms with Crippen LogP contribution in [0.3, 0.4) is 0 Å². The number of ether oxygens (including phenoxy) is 1. The highest BCUT2D eigenvalue weighted by Gasteiger charge is 2.04. The molecule has 0 spiro atoms. The van der Waals surface area contributed by atoms with Gasteiger partial charge in [-0.25, -0.2) is 4.39 Å². The van der Waals surface area contributed by atoms with Crippen molar-refractivity contribution in [3.63, 3.8) is 0 Å². The fraction of sp³-hybridized carbons (Fsp3) is 0.333. The Balaban J connectivity index is 2.71. The summed E-state index contributed by atoms with van der Waals surface area (Å²) in [5.41, 5.74) is 0.835. The highest BCUT2D eigenvalue weighted by atomic mass is 19.1. The summed E-state index contributed by atoms with van der Waals surface area (Å²) in [5, 5.41) is 2.98. The van der Waals surface area contributed by atoms with Gasteiger partial charge in [0.25, 0.3) is 0 Å². The largest absolute Gasteiger partial charge is 0.493 e. The molecule has 0 atom stereocenters. The second-order valence-corrected chi connectivity index (χ2v) is 3.21. The number of benzene rings is 1. The standard InChI is InChI=1S/C12H16FNO/c1-3-4-7-15-12-6-5-11(13)8-10(12)9-14-2/h3,5-6,8,14H,1,4,7,9H2,2H3. The van der Waals surface area contributed by atoms with Crippen molar-refractivity contribution in [1.29, 1.82) is 0 Å². The minimum absolute atomic E-state index is 0.240. The summed E-state index contributed by atoms with van der Waals surface area (Å²) in [5.74, 6) is 0.490. The van der Waals surface area contributed by atoms with Crippen LogP contribution in [0.25, 0.3) is 0 Å². The predicted molar refractivity (Wildman–Crippen MR) is 59.5 cm³/mol. The summed E-state index contributed by atoms with van der Waals surface area (Å²) < 4.78 is 18.5. The molecule has 2 nitrogen and oxygen atoms in total. The van der Waals surface area contributed by atoms with E-state index in [2.05, 4.69) is 11.9 Å². The second-order valence-electron chi connectivity index (χ2n) is 3.21. The third-order valence-electron chi connectivity index (χ3n) is 1.97. The van der Waals surface area contributed by atoms with Gasteiger partial charge in [-0.3, -0.25) is 0 Å². The zero-order valence-corrected chi connectivity index (χ0v) is 8.92. The third-order valence-corrected chi connectivity index (χ3v) is 1.97. The van der Waals surface area contributed by atoms with Crippen LogP contribution in [0, 0.1) is 5.82 Å². The molecule has 0 saturated heterocycles. The Hall–Kier alpha value is -1.35. The van der Waals surface area contributed by atoms with Crippen LogP contribution in [0.4, 0.5) is 4.39 Å². The Bertz CT molecular complexity index is 325. The van der Waals surface area contributed by atoms with E-state index in [1.165, 1.54) is 12.1 Å². The molecule has 0 bridgehead atoms. The summed E-state index contributed by atoms with van der Waals surface area (Å²) in [7, 11) is 1.82. The van der Waals surface area contributed by atoms with Crippen molar-refractivity contribution >= 4 is 0 Å². The van der Waals surface area contributed by atoms with Crippen LogP contribution in [-0.2, 0) is 6.54 Å². The maximum absolute atomic E-state index is 13.0. The number of hydrogen-bond donors (Lipinski definition) is 1. The van der Waals surface area contributed by atoms with E-state index in [9.17, 15) is 4.39 Å². The maximum Gasteiger partial charge on any atom is 0.123 e. The summed E-state index contributed by atoms with van der Waals surface area (Å²) in [6, 6.07) is 4.55. The molecule has 0 saturated carbocycles. The van der Waals surface area contributed by atoms with E-state index < -0.39 is 0 Å². The lowest BCUT2D eigenvalue weighted by Gasteiger charge is -2.10. The molecule has 0 heterocycles. The monoisotopic (exact) mass is 209 g/mol. The average molecular weight is 209 g/mol. The first-order chi connectivity index (χ1) is 7.27. The number of hydrogen-bond acceptors (Lipinski definition) is 2. The van der Waals surface area contributed by atoms with Crippen LogP contribution < -0.4 is 10.1 Å². The molecule has 1 aromatic rings. The van der Waals surface area contributed by atoms with Crippen LogP contribution in [0.15, 0.2) is 30.9 Å². The molecule has 0 aliphatic heterocycles. The zero-order valence-electron chi connectivity index (χ0n) is 8.92. The molecule has 0 radical (unpaired) electrons. The number of nitrogens with one attached hydrogen (secondary N) is 1. The van der Waals surface area contributed by atoms with Crippen LogP contribution in [-0.4, -0.2) is 13.7 Å². The van der Waals surface area contributed by atoms with Crippen LogP contribution >= 0.6 is 0 Å². The average Bonchev–Trinajstić information content (AvgIpc) is 2.22. The quantitative estimate of drug-likeness (QED) is 0.574. The van der Waals surface area contributed by atoms with Gasteiger partial charge in [0.05, 0.1) is 6.61 Å². The highest BCUT2D eigenvalue weighted by molar-refractivity contribution is 5.33. The van der Waals surface area contributed by atoms with Gasteiger partial charge in [-0.05, 0) is 31.7 Å². The van der Waals surface area contributed by atoms with Crippen molar-refractivity contribution < 1.29 is 9.13 Å². The van der Waals surface area contributed by atoms with Crippen LogP contribution in [0.2, 0.25) is 0 Å². The van der Waals surface area contributed by atoms with E-state index >= 15 is 0 Å². The molecule has 0 fully saturated rings. The van der Waals surface area contributed by atoms with Crippen LogP contribution in [0.1, 0.15) is 12.0 Å². The molecular formula is C12H16FNO. The first kappa shape index (κ1) is 11.7. The fourth-order valence-electron chi connectivity index (χ4n) is 1.27. The molecule has 1 N–H and O–H groups in total. The van der Waals surface area contributed by atoms with E-state index in [1.54, 1.807) is 12.1 Å². The minimum atomic E-state index is -0.240. The second kappa shape index (κ2) is 6.19. The molecule has 0 aliphatic carbocycles. The van der Waals surface area contributed by atoms with Crippen molar-refractivity contribution in [2.75, 3.05) is 13.7 Å². The van der Waals surface area contributed by atoms with Crippen molar-refractivity contribution in [3.05, 3.63) is 42.2 Å². The Morgan fingerprint density at radius 1 is 1.53 bits per heavy atom. The Morgan fingerprint density at radius 3 is 3.00 bits per heavy atom. The van der Waals surface area contributed by atoms with E-state index in [1.807, 2.05) is 7.05 Å². The Kier molecular flexibility index (Phi) is 4.84. The number of rotatable bonds is 6. The molecule has 15 heavy (non-hydrogen) atoms. The van der Waals surface area contributed by atoms with Gasteiger partial charge in [-0.1, -0.05) is 6.08 Å². The summed E-state index contributed by atoms with van der Waals surface area (Å²) in [4.78, 5) is 0. The summed E-state index contributed by atoms with van der Waals surface area (Å²) in [6.07, 6.45) is 2.58. The Morgan fingerprint density at radius 2 is 2.33 bits per heavy atom. The van der Waals surface area contributed by atoms with Gasteiger partial charge in [0.2, 0.25) is 0 Å². The van der Waals surface area contributed by atoms with Gasteiger partial charge in [-0.15, -0.1) is 6.58 Å². The fourth-order valence-corrected chi connectivity index (χ4v) is 1.27. The van der Waals surface area contributed by atoms with Crippen molar-refractivity contribution in [3.8, 4) is 5.75 Å². The first-order valence-corrected chi connectivity index (χ1v) is 4.94. The van der Waals surface area contributed by atoms with Gasteiger partial charge in [0, 0.05) is 12.1 Å². The van der Waals surface area contributed by atoms with E-state index in [0.29, 0.717) is 13.2 Å². The van der Waals surface area contributed by atoms with Gasteiger partial charge >= 0.3 is 0 Å². The maximum atomic E-state index is 13.0. The van der Waals surface area contributed by atoms with Crippen molar-refractivity contribution in [1.82, 2.24) is 5.32 Å². The van der Waals surface area contributed by atoms with Gasteiger partial charge in [0.15, 0.2) is 0 Å². The normalized spacial score (nSPS) is 10.0. The predicted octanol–water partition coefficient (Wildman–Crippen LogP) is 2.50. The van der Waals surface area contributed by atoms with Gasteiger partial charge in [0.1, 0.15) is 11.6 Å². The van der Waals surface area contributed by atoms with Crippen molar-refractivity contribution in [2.24, 2.45) is 0 Å². The van der Waals surface area contributed by atoms with E-state index in [0.717, 1.165) is 17.7 Å². The lowest BCUT2D eigenvalue weighted by atomic mass is 10.2. The molecule has 0 unspecified atom stereocenters. The molecule has 0 aromatic heterocycles. The van der Waals surface area contributed by atoms with Gasteiger partial charge in [-0.2, -0.15) is 0 Å². The minimum Gasteiger partial charge on any atom is -0.493 e. The zero-order chi connectivity index (χ0) is 11.1. The first-order valence-electron chi connectivity index (χ1n) is 4.94. The number of halogens is 1. The lowest BCUT2D eigenvalue weighted by molar-refractivity contribution is 0.320. The molecule has 3 heteroatoms. The van der Waals surface area contributed by atoms with Crippen LogP contribution in [0.5, 0.6) is 5.75 Å². The lowest BCUT2D eigenvalue weighted by Crippen LogP contribution is -2.08. The highest BCUT2D eigenvalue weighted by Crippen LogP contribution is 2.19. The molecule has 1 rings (SSSR count). The molecule has 0 aliphatic rings. The van der Waals surface area contributed by atoms with E-state index in [-0.39, 0.29) is 5.82 Å². The summed E-state index contributed by atoms with van der Waals surface area (Å²) >= 11 is 0.